The van der Waals surface area contributed by atoms with Gasteiger partial charge in [-0.1, -0.05) is 19.1 Å². The molecule has 0 saturated carbocycles. The highest BCUT2D eigenvalue weighted by molar-refractivity contribution is 14.1. The molecule has 0 aromatic heterocycles. The third-order valence-corrected chi connectivity index (χ3v) is 3.01. The Labute approximate surface area is 86.1 Å². The van der Waals surface area contributed by atoms with E-state index in [1.54, 1.807) is 0 Å². The number of aryl methyl sites for hydroxylation is 1. The van der Waals surface area contributed by atoms with Crippen molar-refractivity contribution in [1.29, 1.82) is 0 Å². The Hall–Kier alpha value is 0.240. The smallest absolute Gasteiger partial charge is 0.0487 e. The van der Waals surface area contributed by atoms with Gasteiger partial charge in [0.2, 0.25) is 0 Å². The SMILES string of the molecule is CCc1cccc(I)c1CCl. The lowest BCUT2D eigenvalue weighted by molar-refractivity contribution is 1.09. The van der Waals surface area contributed by atoms with Gasteiger partial charge in [0.05, 0.1) is 0 Å². The van der Waals surface area contributed by atoms with Crippen molar-refractivity contribution in [3.8, 4) is 0 Å². The summed E-state index contributed by atoms with van der Waals surface area (Å²) in [5.41, 5.74) is 2.66. The first-order valence-electron chi connectivity index (χ1n) is 3.61. The van der Waals surface area contributed by atoms with Crippen LogP contribution in [0.4, 0.5) is 0 Å². The lowest BCUT2D eigenvalue weighted by atomic mass is 10.1. The van der Waals surface area contributed by atoms with Crippen molar-refractivity contribution >= 4 is 34.2 Å². The number of benzene rings is 1. The van der Waals surface area contributed by atoms with Crippen LogP contribution in [0.3, 0.4) is 0 Å². The van der Waals surface area contributed by atoms with E-state index in [1.807, 2.05) is 0 Å². The predicted octanol–water partition coefficient (Wildman–Crippen LogP) is 3.59. The van der Waals surface area contributed by atoms with E-state index in [2.05, 4.69) is 47.7 Å². The highest BCUT2D eigenvalue weighted by Crippen LogP contribution is 2.19. The summed E-state index contributed by atoms with van der Waals surface area (Å²) in [6, 6.07) is 6.31. The van der Waals surface area contributed by atoms with Gasteiger partial charge in [0.1, 0.15) is 0 Å². The van der Waals surface area contributed by atoms with Crippen molar-refractivity contribution in [2.24, 2.45) is 0 Å². The lowest BCUT2D eigenvalue weighted by Crippen LogP contribution is -1.92. The molecule has 0 nitrogen and oxygen atoms in total. The zero-order valence-corrected chi connectivity index (χ0v) is 9.32. The molecule has 0 atom stereocenters. The highest BCUT2D eigenvalue weighted by Gasteiger charge is 2.01. The molecule has 0 spiro atoms. The number of hydrogen-bond donors (Lipinski definition) is 0. The van der Waals surface area contributed by atoms with Crippen molar-refractivity contribution in [1.82, 2.24) is 0 Å². The molecule has 1 aromatic rings. The van der Waals surface area contributed by atoms with Gasteiger partial charge in [-0.2, -0.15) is 0 Å². The normalized spacial score (nSPS) is 10.1. The first kappa shape index (κ1) is 9.33. The van der Waals surface area contributed by atoms with Crippen molar-refractivity contribution < 1.29 is 0 Å². The fourth-order valence-electron chi connectivity index (χ4n) is 1.08. The zero-order valence-electron chi connectivity index (χ0n) is 6.40. The van der Waals surface area contributed by atoms with Crippen molar-refractivity contribution in [2.45, 2.75) is 19.2 Å². The summed E-state index contributed by atoms with van der Waals surface area (Å²) in [6.07, 6.45) is 1.07. The summed E-state index contributed by atoms with van der Waals surface area (Å²) >= 11 is 8.14. The third-order valence-electron chi connectivity index (χ3n) is 1.73. The van der Waals surface area contributed by atoms with E-state index in [4.69, 9.17) is 11.6 Å². The van der Waals surface area contributed by atoms with Crippen LogP contribution in [0.5, 0.6) is 0 Å². The minimum absolute atomic E-state index is 0.627. The lowest BCUT2D eigenvalue weighted by Gasteiger charge is -2.05. The number of rotatable bonds is 2. The Morgan fingerprint density at radius 3 is 2.64 bits per heavy atom. The van der Waals surface area contributed by atoms with E-state index >= 15 is 0 Å². The number of alkyl halides is 1. The van der Waals surface area contributed by atoms with Crippen LogP contribution in [-0.2, 0) is 12.3 Å². The molecular weight excluding hydrogens is 270 g/mol. The molecule has 60 valence electrons. The van der Waals surface area contributed by atoms with Gasteiger partial charge < -0.3 is 0 Å². The molecule has 11 heavy (non-hydrogen) atoms. The van der Waals surface area contributed by atoms with E-state index in [0.717, 1.165) is 6.42 Å². The molecule has 0 saturated heterocycles. The molecule has 0 radical (unpaired) electrons. The van der Waals surface area contributed by atoms with Gasteiger partial charge in [0.15, 0.2) is 0 Å². The summed E-state index contributed by atoms with van der Waals surface area (Å²) in [7, 11) is 0. The van der Waals surface area contributed by atoms with Crippen molar-refractivity contribution in [3.05, 3.63) is 32.9 Å². The van der Waals surface area contributed by atoms with E-state index < -0.39 is 0 Å². The molecule has 0 heterocycles. The van der Waals surface area contributed by atoms with Crippen molar-refractivity contribution in [3.63, 3.8) is 0 Å². The van der Waals surface area contributed by atoms with Crippen LogP contribution in [0.1, 0.15) is 18.1 Å². The van der Waals surface area contributed by atoms with Crippen LogP contribution < -0.4 is 0 Å². The Kier molecular flexibility index (Phi) is 3.66. The standard InChI is InChI=1S/C9H10ClI/c1-2-7-4-3-5-9(11)8(7)6-10/h3-5H,2,6H2,1H3. The first-order chi connectivity index (χ1) is 5.29. The Bertz CT molecular complexity index is 245. The summed E-state index contributed by atoms with van der Waals surface area (Å²) in [5.74, 6) is 0.627. The molecule has 0 aliphatic rings. The molecule has 0 bridgehead atoms. The second kappa shape index (κ2) is 4.31. The van der Waals surface area contributed by atoms with Crippen LogP contribution >= 0.6 is 34.2 Å². The maximum absolute atomic E-state index is 5.81. The number of halogens is 2. The minimum atomic E-state index is 0.627. The Morgan fingerprint density at radius 2 is 2.18 bits per heavy atom. The molecule has 2 heteroatoms. The van der Waals surface area contributed by atoms with Crippen LogP contribution in [0.2, 0.25) is 0 Å². The summed E-state index contributed by atoms with van der Waals surface area (Å²) in [4.78, 5) is 0. The van der Waals surface area contributed by atoms with Crippen LogP contribution in [0.15, 0.2) is 18.2 Å². The minimum Gasteiger partial charge on any atom is -0.121 e. The van der Waals surface area contributed by atoms with Crippen LogP contribution in [-0.4, -0.2) is 0 Å². The largest absolute Gasteiger partial charge is 0.121 e. The second-order valence-corrected chi connectivity index (χ2v) is 3.79. The molecule has 0 aliphatic carbocycles. The van der Waals surface area contributed by atoms with E-state index in [0.29, 0.717) is 5.88 Å². The average Bonchev–Trinajstić information content (AvgIpc) is 2.04. The molecule has 1 rings (SSSR count). The summed E-state index contributed by atoms with van der Waals surface area (Å²) in [6.45, 7) is 2.15. The van der Waals surface area contributed by atoms with Gasteiger partial charge in [0.25, 0.3) is 0 Å². The highest BCUT2D eigenvalue weighted by atomic mass is 127. The average molecular weight is 281 g/mol. The second-order valence-electron chi connectivity index (χ2n) is 2.36. The van der Waals surface area contributed by atoms with Gasteiger partial charge in [0, 0.05) is 9.45 Å². The zero-order chi connectivity index (χ0) is 8.27. The Balaban J connectivity index is 3.13. The van der Waals surface area contributed by atoms with E-state index in [-0.39, 0.29) is 0 Å². The van der Waals surface area contributed by atoms with Gasteiger partial charge in [-0.25, -0.2) is 0 Å². The van der Waals surface area contributed by atoms with E-state index in [1.165, 1.54) is 14.7 Å². The summed E-state index contributed by atoms with van der Waals surface area (Å²) in [5, 5.41) is 0. The fourth-order valence-corrected chi connectivity index (χ4v) is 2.37. The van der Waals surface area contributed by atoms with E-state index in [9.17, 15) is 0 Å². The fraction of sp³-hybridized carbons (Fsp3) is 0.333. The van der Waals surface area contributed by atoms with Gasteiger partial charge in [-0.05, 0) is 46.2 Å². The monoisotopic (exact) mass is 280 g/mol. The maximum atomic E-state index is 5.81. The van der Waals surface area contributed by atoms with Crippen LogP contribution in [0.25, 0.3) is 0 Å². The topological polar surface area (TPSA) is 0 Å². The van der Waals surface area contributed by atoms with Gasteiger partial charge >= 0.3 is 0 Å². The molecule has 0 amide bonds. The quantitative estimate of drug-likeness (QED) is 0.574. The Morgan fingerprint density at radius 1 is 1.45 bits per heavy atom. The first-order valence-corrected chi connectivity index (χ1v) is 5.23. The molecule has 0 N–H and O–H groups in total. The maximum Gasteiger partial charge on any atom is 0.0487 e. The molecular formula is C9H10ClI. The van der Waals surface area contributed by atoms with Gasteiger partial charge in [-0.3, -0.25) is 0 Å². The molecule has 0 fully saturated rings. The summed E-state index contributed by atoms with van der Waals surface area (Å²) < 4.78 is 1.27. The predicted molar refractivity (Wildman–Crippen MR) is 58.1 cm³/mol. The molecule has 0 unspecified atom stereocenters. The van der Waals surface area contributed by atoms with Crippen molar-refractivity contribution in [2.75, 3.05) is 0 Å². The molecule has 1 aromatic carbocycles. The molecule has 0 aliphatic heterocycles. The van der Waals surface area contributed by atoms with Gasteiger partial charge in [-0.15, -0.1) is 11.6 Å². The van der Waals surface area contributed by atoms with Crippen LogP contribution in [0, 0.1) is 3.57 Å². The third kappa shape index (κ3) is 2.09. The number of hydrogen-bond acceptors (Lipinski definition) is 0.